The minimum atomic E-state index is -0.987. The molecule has 3 N–H and O–H groups in total. The van der Waals surface area contributed by atoms with Crippen LogP contribution in [-0.4, -0.2) is 66.3 Å². The molecule has 2 atom stereocenters. The average molecular weight is 505 g/mol. The van der Waals surface area contributed by atoms with E-state index in [-0.39, 0.29) is 42.9 Å². The second-order valence-electron chi connectivity index (χ2n) is 8.95. The molecular weight excluding hydrogens is 473 g/mol. The first-order valence-corrected chi connectivity index (χ1v) is 11.9. The highest BCUT2D eigenvalue weighted by atomic mass is 19.2. The van der Waals surface area contributed by atoms with Crippen LogP contribution in [0.15, 0.2) is 42.5 Å². The Morgan fingerprint density at radius 2 is 1.69 bits per heavy atom. The van der Waals surface area contributed by atoms with Crippen LogP contribution >= 0.6 is 0 Å². The second kappa shape index (κ2) is 12.5. The Bertz CT molecular complexity index is 1080. The van der Waals surface area contributed by atoms with Gasteiger partial charge in [0.15, 0.2) is 11.6 Å². The van der Waals surface area contributed by atoms with Gasteiger partial charge in [-0.2, -0.15) is 0 Å². The molecule has 0 saturated carbocycles. The van der Waals surface area contributed by atoms with Crippen LogP contribution in [-0.2, 0) is 27.2 Å². The number of hydrogen-bond donors (Lipinski definition) is 2. The molecule has 1 aliphatic rings. The monoisotopic (exact) mass is 504 g/mol. The first kappa shape index (κ1) is 27.2. The number of rotatable bonds is 10. The first-order valence-electron chi connectivity index (χ1n) is 11.9. The Labute approximate surface area is 208 Å². The van der Waals surface area contributed by atoms with Crippen molar-refractivity contribution in [2.45, 2.75) is 44.2 Å². The lowest BCUT2D eigenvalue weighted by Gasteiger charge is -2.44. The van der Waals surface area contributed by atoms with Gasteiger partial charge in [0, 0.05) is 45.6 Å². The van der Waals surface area contributed by atoms with Crippen molar-refractivity contribution in [3.63, 3.8) is 0 Å². The first-order chi connectivity index (χ1) is 17.2. The maximum Gasteiger partial charge on any atom is 0.237 e. The molecule has 7 nitrogen and oxygen atoms in total. The Hall–Kier alpha value is -3.40. The van der Waals surface area contributed by atoms with Crippen LogP contribution in [0.5, 0.6) is 0 Å². The highest BCUT2D eigenvalue weighted by Gasteiger charge is 2.35. The number of likely N-dealkylation sites (N-methyl/N-ethyl adjacent to an activating group) is 1. The van der Waals surface area contributed by atoms with Crippen molar-refractivity contribution < 1.29 is 27.6 Å². The molecule has 2 aromatic carbocycles. The molecular formula is C26H31F3N4O3. The van der Waals surface area contributed by atoms with Crippen molar-refractivity contribution >= 4 is 17.7 Å². The molecule has 3 amide bonds. The number of amides is 3. The molecule has 3 rings (SSSR count). The van der Waals surface area contributed by atoms with Crippen molar-refractivity contribution in [1.82, 2.24) is 15.1 Å². The zero-order valence-corrected chi connectivity index (χ0v) is 20.2. The summed E-state index contributed by atoms with van der Waals surface area (Å²) in [5.41, 5.74) is 6.66. The second-order valence-corrected chi connectivity index (χ2v) is 8.95. The summed E-state index contributed by atoms with van der Waals surface area (Å²) in [5, 5.41) is 2.62. The maximum absolute atomic E-state index is 13.8. The fourth-order valence-electron chi connectivity index (χ4n) is 4.54. The van der Waals surface area contributed by atoms with Gasteiger partial charge in [-0.3, -0.25) is 19.3 Å². The molecule has 0 aliphatic carbocycles. The van der Waals surface area contributed by atoms with E-state index in [1.165, 1.54) is 25.2 Å². The largest absolute Gasteiger partial charge is 0.370 e. The summed E-state index contributed by atoms with van der Waals surface area (Å²) >= 11 is 0. The molecule has 1 aliphatic heterocycles. The van der Waals surface area contributed by atoms with Gasteiger partial charge in [0.2, 0.25) is 17.7 Å². The third-order valence-electron chi connectivity index (χ3n) is 6.50. The number of nitrogens with one attached hydrogen (secondary N) is 1. The number of carbonyl (C=O) groups excluding carboxylic acids is 3. The molecule has 0 radical (unpaired) electrons. The Balaban J connectivity index is 1.73. The SMILES string of the molecule is CNC(=O)C(Cc1ccc(F)c(F)c1)N1CCN(C(=O)CCc2ccc(F)cc2)C(CCC(N)=O)C1. The lowest BCUT2D eigenvalue weighted by molar-refractivity contribution is -0.138. The standard InChI is InChI=1S/C26H31F3N4O3/c1-31-26(36)23(15-18-4-9-21(28)22(29)14-18)32-12-13-33(20(16-32)8-10-24(30)34)25(35)11-5-17-2-6-19(27)7-3-17/h2-4,6-7,9,14,20,23H,5,8,10-13,15-16H2,1H3,(H2,30,34)(H,31,36). The van der Waals surface area contributed by atoms with Crippen LogP contribution in [0.2, 0.25) is 0 Å². The summed E-state index contributed by atoms with van der Waals surface area (Å²) in [6, 6.07) is 8.48. The normalized spacial score (nSPS) is 17.0. The van der Waals surface area contributed by atoms with Gasteiger partial charge >= 0.3 is 0 Å². The fraction of sp³-hybridized carbons (Fsp3) is 0.423. The number of nitrogens with zero attached hydrogens (tertiary/aromatic N) is 2. The van der Waals surface area contributed by atoms with E-state index < -0.39 is 23.6 Å². The molecule has 1 heterocycles. The Morgan fingerprint density at radius 1 is 1.00 bits per heavy atom. The number of aryl methyl sites for hydroxylation is 1. The van der Waals surface area contributed by atoms with Gasteiger partial charge < -0.3 is 16.0 Å². The van der Waals surface area contributed by atoms with E-state index in [1.54, 1.807) is 17.0 Å². The van der Waals surface area contributed by atoms with Crippen molar-refractivity contribution in [2.75, 3.05) is 26.7 Å². The molecule has 194 valence electrons. The molecule has 0 bridgehead atoms. The highest BCUT2D eigenvalue weighted by molar-refractivity contribution is 5.82. The molecule has 2 aromatic rings. The molecule has 10 heteroatoms. The van der Waals surface area contributed by atoms with E-state index in [1.807, 2.05) is 4.90 Å². The third-order valence-corrected chi connectivity index (χ3v) is 6.50. The number of hydrogen-bond acceptors (Lipinski definition) is 4. The van der Waals surface area contributed by atoms with Crippen LogP contribution in [0.25, 0.3) is 0 Å². The summed E-state index contributed by atoms with van der Waals surface area (Å²) in [6.45, 7) is 1.03. The van der Waals surface area contributed by atoms with E-state index in [9.17, 15) is 27.6 Å². The van der Waals surface area contributed by atoms with Crippen molar-refractivity contribution in [2.24, 2.45) is 5.73 Å². The number of primary amides is 1. The fourth-order valence-corrected chi connectivity index (χ4v) is 4.54. The summed E-state index contributed by atoms with van der Waals surface area (Å²) < 4.78 is 40.3. The summed E-state index contributed by atoms with van der Waals surface area (Å²) in [6.07, 6.45) is 1.22. The zero-order valence-electron chi connectivity index (χ0n) is 20.2. The maximum atomic E-state index is 13.8. The number of nitrogens with two attached hydrogens (primary N) is 1. The van der Waals surface area contributed by atoms with Crippen LogP contribution in [0.3, 0.4) is 0 Å². The minimum Gasteiger partial charge on any atom is -0.370 e. The van der Waals surface area contributed by atoms with Crippen LogP contribution < -0.4 is 11.1 Å². The number of carbonyl (C=O) groups is 3. The molecule has 0 aromatic heterocycles. The minimum absolute atomic E-state index is 0.0774. The van der Waals surface area contributed by atoms with Crippen molar-refractivity contribution in [3.05, 3.63) is 71.0 Å². The average Bonchev–Trinajstić information content (AvgIpc) is 2.87. The number of piperazine rings is 1. The van der Waals surface area contributed by atoms with Crippen LogP contribution in [0, 0.1) is 17.5 Å². The van der Waals surface area contributed by atoms with E-state index in [4.69, 9.17) is 5.73 Å². The summed E-state index contributed by atoms with van der Waals surface area (Å²) in [5.74, 6) is -3.18. The zero-order chi connectivity index (χ0) is 26.2. The lowest BCUT2D eigenvalue weighted by Crippen LogP contribution is -2.60. The molecule has 36 heavy (non-hydrogen) atoms. The lowest BCUT2D eigenvalue weighted by atomic mass is 9.98. The highest BCUT2D eigenvalue weighted by Crippen LogP contribution is 2.21. The van der Waals surface area contributed by atoms with E-state index in [0.29, 0.717) is 38.0 Å². The van der Waals surface area contributed by atoms with E-state index in [2.05, 4.69) is 5.32 Å². The van der Waals surface area contributed by atoms with Crippen molar-refractivity contribution in [3.8, 4) is 0 Å². The Kier molecular flexibility index (Phi) is 9.46. The summed E-state index contributed by atoms with van der Waals surface area (Å²) in [4.78, 5) is 40.9. The summed E-state index contributed by atoms with van der Waals surface area (Å²) in [7, 11) is 1.50. The van der Waals surface area contributed by atoms with Gasteiger partial charge in [0.05, 0.1) is 6.04 Å². The third kappa shape index (κ3) is 7.30. The predicted octanol–water partition coefficient (Wildman–Crippen LogP) is 2.17. The van der Waals surface area contributed by atoms with Gasteiger partial charge in [-0.25, -0.2) is 13.2 Å². The Morgan fingerprint density at radius 3 is 2.33 bits per heavy atom. The molecule has 2 unspecified atom stereocenters. The van der Waals surface area contributed by atoms with E-state index >= 15 is 0 Å². The van der Waals surface area contributed by atoms with Gasteiger partial charge in [0.25, 0.3) is 0 Å². The van der Waals surface area contributed by atoms with Gasteiger partial charge in [0.1, 0.15) is 5.82 Å². The van der Waals surface area contributed by atoms with Gasteiger partial charge in [-0.1, -0.05) is 18.2 Å². The van der Waals surface area contributed by atoms with Crippen LogP contribution in [0.4, 0.5) is 13.2 Å². The smallest absolute Gasteiger partial charge is 0.237 e. The quantitative estimate of drug-likeness (QED) is 0.519. The van der Waals surface area contributed by atoms with Crippen molar-refractivity contribution in [1.29, 1.82) is 0 Å². The number of benzene rings is 2. The number of halogens is 3. The van der Waals surface area contributed by atoms with Crippen LogP contribution in [0.1, 0.15) is 30.4 Å². The van der Waals surface area contributed by atoms with Gasteiger partial charge in [-0.15, -0.1) is 0 Å². The van der Waals surface area contributed by atoms with Gasteiger partial charge in [-0.05, 0) is 54.7 Å². The van der Waals surface area contributed by atoms with E-state index in [0.717, 1.165) is 17.7 Å². The molecule has 1 saturated heterocycles. The molecule has 0 spiro atoms. The molecule has 1 fully saturated rings. The predicted molar refractivity (Wildman–Crippen MR) is 128 cm³/mol. The topological polar surface area (TPSA) is 95.7 Å².